The van der Waals surface area contributed by atoms with Crippen LogP contribution in [-0.2, 0) is 19.9 Å². The Morgan fingerprint density at radius 1 is 1.42 bits per heavy atom. The van der Waals surface area contributed by atoms with E-state index in [4.69, 9.17) is 17.3 Å². The van der Waals surface area contributed by atoms with E-state index in [1.54, 1.807) is 11.3 Å². The Kier molecular flexibility index (Phi) is 4.66. The highest BCUT2D eigenvalue weighted by Crippen LogP contribution is 2.23. The van der Waals surface area contributed by atoms with Gasteiger partial charge in [-0.3, -0.25) is 4.68 Å². The molecule has 2 aromatic rings. The fourth-order valence-corrected chi connectivity index (χ4v) is 3.51. The van der Waals surface area contributed by atoms with E-state index >= 15 is 0 Å². The number of nitrogens with two attached hydrogens (primary N) is 1. The smallest absolute Gasteiger partial charge is 0.0931 e. The van der Waals surface area contributed by atoms with Crippen molar-refractivity contribution in [2.24, 2.45) is 12.8 Å². The van der Waals surface area contributed by atoms with Gasteiger partial charge in [0.05, 0.1) is 10.0 Å². The number of hydrogen-bond acceptors (Lipinski definition) is 3. The van der Waals surface area contributed by atoms with E-state index in [2.05, 4.69) is 25.0 Å². The molecule has 0 amide bonds. The second kappa shape index (κ2) is 6.07. The fourth-order valence-electron chi connectivity index (χ4n) is 2.33. The van der Waals surface area contributed by atoms with Gasteiger partial charge in [0.2, 0.25) is 0 Å². The second-order valence-electron chi connectivity index (χ2n) is 4.98. The minimum absolute atomic E-state index is 0.175. The number of thiophene rings is 1. The number of nitrogens with zero attached hydrogens (tertiary/aromatic N) is 2. The second-order valence-corrected chi connectivity index (χ2v) is 6.78. The molecule has 1 unspecified atom stereocenters. The van der Waals surface area contributed by atoms with Crippen molar-refractivity contribution in [1.82, 2.24) is 9.78 Å². The average molecular weight is 298 g/mol. The highest BCUT2D eigenvalue weighted by atomic mass is 35.5. The quantitative estimate of drug-likeness (QED) is 0.920. The van der Waals surface area contributed by atoms with Gasteiger partial charge in [0.25, 0.3) is 0 Å². The summed E-state index contributed by atoms with van der Waals surface area (Å²) in [5.41, 5.74) is 9.90. The zero-order valence-corrected chi connectivity index (χ0v) is 13.2. The molecule has 2 heterocycles. The Morgan fingerprint density at radius 2 is 2.16 bits per heavy atom. The van der Waals surface area contributed by atoms with Gasteiger partial charge in [-0.05, 0) is 50.8 Å². The standard InChI is InChI=1S/C14H20ClN3S/c1-9-13(10(2)18(3)17-9)6-4-11(16)8-12-5-7-14(15)19-12/h5,7,11H,4,6,8,16H2,1-3H3. The maximum atomic E-state index is 6.21. The molecule has 2 rings (SSSR count). The van der Waals surface area contributed by atoms with Crippen molar-refractivity contribution in [1.29, 1.82) is 0 Å². The van der Waals surface area contributed by atoms with Crippen LogP contribution < -0.4 is 5.73 Å². The van der Waals surface area contributed by atoms with Crippen molar-refractivity contribution < 1.29 is 0 Å². The van der Waals surface area contributed by atoms with Gasteiger partial charge in [-0.25, -0.2) is 0 Å². The summed E-state index contributed by atoms with van der Waals surface area (Å²) in [5, 5.41) is 4.44. The Hall–Kier alpha value is -0.840. The molecule has 104 valence electrons. The first-order chi connectivity index (χ1) is 8.97. The SMILES string of the molecule is Cc1nn(C)c(C)c1CCC(N)Cc1ccc(Cl)s1. The lowest BCUT2D eigenvalue weighted by atomic mass is 10.0. The first-order valence-electron chi connectivity index (χ1n) is 6.46. The van der Waals surface area contributed by atoms with Crippen molar-refractivity contribution in [3.05, 3.63) is 38.3 Å². The van der Waals surface area contributed by atoms with Gasteiger partial charge in [-0.15, -0.1) is 11.3 Å². The van der Waals surface area contributed by atoms with Crippen LogP contribution in [0.3, 0.4) is 0 Å². The minimum atomic E-state index is 0.175. The van der Waals surface area contributed by atoms with Crippen molar-refractivity contribution in [3.8, 4) is 0 Å². The van der Waals surface area contributed by atoms with Crippen molar-refractivity contribution in [2.75, 3.05) is 0 Å². The molecule has 0 saturated carbocycles. The number of halogens is 1. The van der Waals surface area contributed by atoms with Crippen molar-refractivity contribution >= 4 is 22.9 Å². The summed E-state index contributed by atoms with van der Waals surface area (Å²) in [5.74, 6) is 0. The van der Waals surface area contributed by atoms with E-state index in [1.807, 2.05) is 17.8 Å². The highest BCUT2D eigenvalue weighted by Gasteiger charge is 2.12. The maximum absolute atomic E-state index is 6.21. The molecular weight excluding hydrogens is 278 g/mol. The van der Waals surface area contributed by atoms with Crippen LogP contribution in [0.2, 0.25) is 4.34 Å². The third-order valence-electron chi connectivity index (χ3n) is 3.52. The molecule has 1 atom stereocenters. The first-order valence-corrected chi connectivity index (χ1v) is 7.65. The van der Waals surface area contributed by atoms with Crippen LogP contribution in [0.15, 0.2) is 12.1 Å². The van der Waals surface area contributed by atoms with Crippen LogP contribution in [0.25, 0.3) is 0 Å². The van der Waals surface area contributed by atoms with E-state index in [0.717, 1.165) is 29.3 Å². The molecule has 3 nitrogen and oxygen atoms in total. The van der Waals surface area contributed by atoms with Gasteiger partial charge in [0.15, 0.2) is 0 Å². The van der Waals surface area contributed by atoms with Crippen LogP contribution in [0.1, 0.15) is 28.2 Å². The maximum Gasteiger partial charge on any atom is 0.0931 e. The van der Waals surface area contributed by atoms with Gasteiger partial charge >= 0.3 is 0 Å². The fraction of sp³-hybridized carbons (Fsp3) is 0.500. The summed E-state index contributed by atoms with van der Waals surface area (Å²) < 4.78 is 2.77. The topological polar surface area (TPSA) is 43.8 Å². The molecule has 0 aliphatic heterocycles. The summed E-state index contributed by atoms with van der Waals surface area (Å²) in [6, 6.07) is 4.17. The summed E-state index contributed by atoms with van der Waals surface area (Å²) in [6.07, 6.45) is 2.87. The predicted molar refractivity (Wildman–Crippen MR) is 82.0 cm³/mol. The van der Waals surface area contributed by atoms with Crippen LogP contribution in [-0.4, -0.2) is 15.8 Å². The molecule has 5 heteroatoms. The summed E-state index contributed by atoms with van der Waals surface area (Å²) in [7, 11) is 1.99. The predicted octanol–water partition coefficient (Wildman–Crippen LogP) is 3.25. The van der Waals surface area contributed by atoms with E-state index in [0.29, 0.717) is 0 Å². The minimum Gasteiger partial charge on any atom is -0.327 e. The van der Waals surface area contributed by atoms with Crippen molar-refractivity contribution in [2.45, 2.75) is 39.2 Å². The summed E-state index contributed by atoms with van der Waals surface area (Å²) in [4.78, 5) is 1.26. The molecule has 2 N–H and O–H groups in total. The molecule has 0 spiro atoms. The van der Waals surface area contributed by atoms with Crippen LogP contribution in [0.5, 0.6) is 0 Å². The molecule has 0 aliphatic carbocycles. The zero-order valence-electron chi connectivity index (χ0n) is 11.6. The molecule has 0 saturated heterocycles. The molecule has 0 aromatic carbocycles. The Labute approximate surface area is 123 Å². The zero-order chi connectivity index (χ0) is 14.0. The number of hydrogen-bond donors (Lipinski definition) is 1. The number of aryl methyl sites for hydroxylation is 2. The molecule has 0 radical (unpaired) electrons. The normalized spacial score (nSPS) is 12.9. The Morgan fingerprint density at radius 3 is 2.68 bits per heavy atom. The van der Waals surface area contributed by atoms with Gasteiger partial charge in [0, 0.05) is 23.7 Å². The summed E-state index contributed by atoms with van der Waals surface area (Å²) in [6.45, 7) is 4.17. The van der Waals surface area contributed by atoms with Crippen LogP contribution in [0, 0.1) is 13.8 Å². The Balaban J connectivity index is 1.91. The molecule has 0 bridgehead atoms. The van der Waals surface area contributed by atoms with E-state index in [-0.39, 0.29) is 6.04 Å². The van der Waals surface area contributed by atoms with Crippen LogP contribution in [0.4, 0.5) is 0 Å². The molecule has 19 heavy (non-hydrogen) atoms. The van der Waals surface area contributed by atoms with Gasteiger partial charge in [-0.2, -0.15) is 5.10 Å². The molecular formula is C14H20ClN3S. The molecule has 0 fully saturated rings. The van der Waals surface area contributed by atoms with E-state index in [9.17, 15) is 0 Å². The van der Waals surface area contributed by atoms with E-state index < -0.39 is 0 Å². The van der Waals surface area contributed by atoms with Crippen LogP contribution >= 0.6 is 22.9 Å². The third kappa shape index (κ3) is 3.59. The molecule has 2 aromatic heterocycles. The lowest BCUT2D eigenvalue weighted by Gasteiger charge is -2.10. The van der Waals surface area contributed by atoms with Crippen molar-refractivity contribution in [3.63, 3.8) is 0 Å². The van der Waals surface area contributed by atoms with Gasteiger partial charge in [0.1, 0.15) is 0 Å². The first kappa shape index (κ1) is 14.6. The van der Waals surface area contributed by atoms with Gasteiger partial charge < -0.3 is 5.73 Å². The Bertz CT molecular complexity index is 559. The highest BCUT2D eigenvalue weighted by molar-refractivity contribution is 7.16. The van der Waals surface area contributed by atoms with Gasteiger partial charge in [-0.1, -0.05) is 11.6 Å². The lowest BCUT2D eigenvalue weighted by Crippen LogP contribution is -2.23. The number of aromatic nitrogens is 2. The average Bonchev–Trinajstić information content (AvgIpc) is 2.83. The third-order valence-corrected chi connectivity index (χ3v) is 4.77. The van der Waals surface area contributed by atoms with E-state index in [1.165, 1.54) is 16.1 Å². The lowest BCUT2D eigenvalue weighted by molar-refractivity contribution is 0.612. The largest absolute Gasteiger partial charge is 0.327 e. The number of rotatable bonds is 5. The molecule has 0 aliphatic rings. The monoisotopic (exact) mass is 297 g/mol. The summed E-state index contributed by atoms with van der Waals surface area (Å²) >= 11 is 7.54.